The molecule has 0 bridgehead atoms. The minimum Gasteiger partial charge on any atom is -0.339 e. The third-order valence-corrected chi connectivity index (χ3v) is 3.35. The van der Waals surface area contributed by atoms with Crippen LogP contribution in [-0.2, 0) is 6.42 Å². The number of rotatable bonds is 1. The van der Waals surface area contributed by atoms with Crippen LogP contribution in [0.4, 0.5) is 0 Å². The Bertz CT molecular complexity index is 869. The van der Waals surface area contributed by atoms with Crippen molar-refractivity contribution in [1.29, 1.82) is 0 Å². The number of fused-ring (bicyclic) bond motifs is 5. The van der Waals surface area contributed by atoms with Gasteiger partial charge >= 0.3 is 0 Å². The van der Waals surface area contributed by atoms with Crippen molar-refractivity contribution in [2.24, 2.45) is 0 Å². The number of aryl methyl sites for hydroxylation is 1. The van der Waals surface area contributed by atoms with Gasteiger partial charge in [-0.2, -0.15) is 0 Å². The zero-order valence-corrected chi connectivity index (χ0v) is 10.0. The maximum atomic E-state index is 4.63. The average molecular weight is 236 g/mol. The molecule has 0 radical (unpaired) electrons. The Morgan fingerprint density at radius 2 is 2.06 bits per heavy atom. The predicted octanol–water partition coefficient (Wildman–Crippen LogP) is 2.93. The van der Waals surface area contributed by atoms with Crippen molar-refractivity contribution in [2.75, 3.05) is 0 Å². The van der Waals surface area contributed by atoms with Gasteiger partial charge < -0.3 is 4.98 Å². The van der Waals surface area contributed by atoms with Crippen molar-refractivity contribution in [3.8, 4) is 0 Å². The van der Waals surface area contributed by atoms with Crippen molar-refractivity contribution in [1.82, 2.24) is 19.4 Å². The molecule has 0 fully saturated rings. The Hall–Kier alpha value is -2.36. The normalized spacial score (nSPS) is 11.8. The van der Waals surface area contributed by atoms with Gasteiger partial charge in [-0.15, -0.1) is 0 Å². The third kappa shape index (κ3) is 1.14. The number of nitrogens with one attached hydrogen (secondary N) is 1. The maximum absolute atomic E-state index is 4.63. The first-order valence-electron chi connectivity index (χ1n) is 6.11. The SMILES string of the molecule is CCc1ccn2c(n1)nc1c3ccccc3[nH]c12. The van der Waals surface area contributed by atoms with Gasteiger partial charge in [0, 0.05) is 22.8 Å². The van der Waals surface area contributed by atoms with Crippen LogP contribution in [0.3, 0.4) is 0 Å². The summed E-state index contributed by atoms with van der Waals surface area (Å²) in [6.45, 7) is 2.10. The number of imidazole rings is 1. The van der Waals surface area contributed by atoms with Crippen LogP contribution in [0.2, 0.25) is 0 Å². The molecule has 1 N–H and O–H groups in total. The molecule has 4 aromatic rings. The van der Waals surface area contributed by atoms with E-state index in [4.69, 9.17) is 0 Å². The van der Waals surface area contributed by atoms with Crippen LogP contribution in [0.15, 0.2) is 36.5 Å². The van der Waals surface area contributed by atoms with Crippen LogP contribution in [0.25, 0.3) is 27.8 Å². The van der Waals surface area contributed by atoms with Crippen molar-refractivity contribution in [3.05, 3.63) is 42.2 Å². The smallest absolute Gasteiger partial charge is 0.236 e. The Morgan fingerprint density at radius 1 is 1.17 bits per heavy atom. The molecule has 4 heteroatoms. The van der Waals surface area contributed by atoms with Gasteiger partial charge in [-0.3, -0.25) is 4.40 Å². The molecule has 0 unspecified atom stereocenters. The molecule has 0 amide bonds. The standard InChI is InChI=1S/C14H12N4/c1-2-9-7-8-18-13-12(17-14(18)15-9)10-5-3-4-6-11(10)16-13/h3-8,16H,2H2,1H3. The first-order chi connectivity index (χ1) is 8.86. The number of nitrogens with zero attached hydrogens (tertiary/aromatic N) is 3. The molecule has 0 aliphatic rings. The van der Waals surface area contributed by atoms with E-state index in [-0.39, 0.29) is 0 Å². The van der Waals surface area contributed by atoms with Gasteiger partial charge in [0.2, 0.25) is 5.78 Å². The molecule has 0 saturated heterocycles. The lowest BCUT2D eigenvalue weighted by molar-refractivity contribution is 0.997. The first kappa shape index (κ1) is 9.65. The quantitative estimate of drug-likeness (QED) is 0.552. The highest BCUT2D eigenvalue weighted by Gasteiger charge is 2.11. The fourth-order valence-electron chi connectivity index (χ4n) is 2.40. The second-order valence-electron chi connectivity index (χ2n) is 4.42. The van der Waals surface area contributed by atoms with Gasteiger partial charge in [-0.1, -0.05) is 25.1 Å². The average Bonchev–Trinajstić information content (AvgIpc) is 2.93. The highest BCUT2D eigenvalue weighted by Crippen LogP contribution is 2.24. The Morgan fingerprint density at radius 3 is 2.94 bits per heavy atom. The highest BCUT2D eigenvalue weighted by molar-refractivity contribution is 6.04. The van der Waals surface area contributed by atoms with Gasteiger partial charge in [0.05, 0.1) is 0 Å². The van der Waals surface area contributed by atoms with Gasteiger partial charge in [0.1, 0.15) is 11.2 Å². The lowest BCUT2D eigenvalue weighted by atomic mass is 10.2. The van der Waals surface area contributed by atoms with Crippen molar-refractivity contribution in [2.45, 2.75) is 13.3 Å². The largest absolute Gasteiger partial charge is 0.339 e. The lowest BCUT2D eigenvalue weighted by Gasteiger charge is -1.96. The molecule has 18 heavy (non-hydrogen) atoms. The number of aromatic amines is 1. The van der Waals surface area contributed by atoms with Crippen LogP contribution in [0.5, 0.6) is 0 Å². The van der Waals surface area contributed by atoms with Crippen molar-refractivity contribution < 1.29 is 0 Å². The minimum absolute atomic E-state index is 0.765. The van der Waals surface area contributed by atoms with Crippen LogP contribution in [-0.4, -0.2) is 19.4 Å². The van der Waals surface area contributed by atoms with Crippen LogP contribution >= 0.6 is 0 Å². The topological polar surface area (TPSA) is 46.0 Å². The van der Waals surface area contributed by atoms with E-state index in [1.807, 2.05) is 28.8 Å². The summed E-state index contributed by atoms with van der Waals surface area (Å²) in [7, 11) is 0. The molecule has 0 saturated carbocycles. The number of benzene rings is 1. The van der Waals surface area contributed by atoms with Crippen molar-refractivity contribution in [3.63, 3.8) is 0 Å². The number of para-hydroxylation sites is 1. The van der Waals surface area contributed by atoms with Gasteiger partial charge in [-0.05, 0) is 18.6 Å². The summed E-state index contributed by atoms with van der Waals surface area (Å²) < 4.78 is 2.01. The third-order valence-electron chi connectivity index (χ3n) is 3.35. The summed E-state index contributed by atoms with van der Waals surface area (Å²) in [5.41, 5.74) is 4.19. The van der Waals surface area contributed by atoms with E-state index in [2.05, 4.69) is 34.0 Å². The number of H-pyrrole nitrogens is 1. The van der Waals surface area contributed by atoms with Crippen molar-refractivity contribution >= 4 is 27.8 Å². The summed E-state index contributed by atoms with van der Waals surface area (Å²) >= 11 is 0. The summed E-state index contributed by atoms with van der Waals surface area (Å²) in [6.07, 6.45) is 2.96. The molecule has 1 aromatic carbocycles. The predicted molar refractivity (Wildman–Crippen MR) is 71.7 cm³/mol. The van der Waals surface area contributed by atoms with E-state index < -0.39 is 0 Å². The van der Waals surface area contributed by atoms with Gasteiger partial charge in [0.25, 0.3) is 0 Å². The van der Waals surface area contributed by atoms with Crippen LogP contribution in [0.1, 0.15) is 12.6 Å². The fraction of sp³-hybridized carbons (Fsp3) is 0.143. The molecule has 0 aliphatic carbocycles. The van der Waals surface area contributed by atoms with E-state index in [0.717, 1.165) is 40.0 Å². The number of hydrogen-bond donors (Lipinski definition) is 1. The molecule has 88 valence electrons. The van der Waals surface area contributed by atoms with Crippen LogP contribution < -0.4 is 0 Å². The molecule has 0 aliphatic heterocycles. The summed E-state index contributed by atoms with van der Waals surface area (Å²) in [5, 5.41) is 1.15. The summed E-state index contributed by atoms with van der Waals surface area (Å²) in [6, 6.07) is 10.3. The lowest BCUT2D eigenvalue weighted by Crippen LogP contribution is -1.93. The summed E-state index contributed by atoms with van der Waals surface area (Å²) in [4.78, 5) is 12.6. The van der Waals surface area contributed by atoms with E-state index in [9.17, 15) is 0 Å². The molecular weight excluding hydrogens is 224 g/mol. The van der Waals surface area contributed by atoms with E-state index in [1.54, 1.807) is 0 Å². The Labute approximate surface area is 103 Å². The molecule has 3 aromatic heterocycles. The van der Waals surface area contributed by atoms with E-state index >= 15 is 0 Å². The van der Waals surface area contributed by atoms with Crippen LogP contribution in [0, 0.1) is 0 Å². The number of aromatic nitrogens is 4. The maximum Gasteiger partial charge on any atom is 0.236 e. The number of hydrogen-bond acceptors (Lipinski definition) is 2. The zero-order valence-electron chi connectivity index (χ0n) is 10.0. The van der Waals surface area contributed by atoms with Gasteiger partial charge in [0.15, 0.2) is 0 Å². The Kier molecular flexibility index (Phi) is 1.78. The zero-order chi connectivity index (χ0) is 12.1. The molecule has 0 spiro atoms. The molecular formula is C14H12N4. The highest BCUT2D eigenvalue weighted by atomic mass is 15.1. The second-order valence-corrected chi connectivity index (χ2v) is 4.42. The Balaban J connectivity index is 2.18. The first-order valence-corrected chi connectivity index (χ1v) is 6.11. The molecule has 3 heterocycles. The van der Waals surface area contributed by atoms with E-state index in [1.165, 1.54) is 0 Å². The molecule has 4 rings (SSSR count). The second kappa shape index (κ2) is 3.32. The monoisotopic (exact) mass is 236 g/mol. The fourth-order valence-corrected chi connectivity index (χ4v) is 2.40. The minimum atomic E-state index is 0.765. The van der Waals surface area contributed by atoms with E-state index in [0.29, 0.717) is 0 Å². The van der Waals surface area contributed by atoms with Gasteiger partial charge in [-0.25, -0.2) is 9.97 Å². The molecule has 4 nitrogen and oxygen atoms in total. The summed E-state index contributed by atoms with van der Waals surface area (Å²) in [5.74, 6) is 0.765. The molecule has 0 atom stereocenters.